The van der Waals surface area contributed by atoms with Crippen molar-refractivity contribution in [1.29, 1.82) is 0 Å². The maximum atomic E-state index is 4.88. The third-order valence-corrected chi connectivity index (χ3v) is 4.61. The van der Waals surface area contributed by atoms with Crippen molar-refractivity contribution in [2.45, 2.75) is 34.1 Å². The number of nitrogens with zero attached hydrogens (tertiary/aromatic N) is 2. The zero-order valence-corrected chi connectivity index (χ0v) is 13.6. The van der Waals surface area contributed by atoms with E-state index in [0.717, 1.165) is 17.8 Å². The molecule has 22 heavy (non-hydrogen) atoms. The van der Waals surface area contributed by atoms with Gasteiger partial charge in [0.2, 0.25) is 0 Å². The number of imidazole rings is 1. The smallest absolute Gasteiger partial charge is 0.145 e. The van der Waals surface area contributed by atoms with Crippen LogP contribution in [0.15, 0.2) is 36.4 Å². The fraction of sp³-hybridized carbons (Fsp3) is 0.250. The van der Waals surface area contributed by atoms with Gasteiger partial charge in [-0.25, -0.2) is 4.98 Å². The molecule has 0 aliphatic carbocycles. The molecule has 110 valence electrons. The van der Waals surface area contributed by atoms with Crippen molar-refractivity contribution in [3.05, 3.63) is 58.9 Å². The van der Waals surface area contributed by atoms with E-state index in [9.17, 15) is 0 Å². The molecular formula is C20H20N2. The van der Waals surface area contributed by atoms with E-state index in [4.69, 9.17) is 4.98 Å². The van der Waals surface area contributed by atoms with Crippen LogP contribution >= 0.6 is 0 Å². The second kappa shape index (κ2) is 4.57. The van der Waals surface area contributed by atoms with Crippen LogP contribution in [-0.4, -0.2) is 9.38 Å². The second-order valence-corrected chi connectivity index (χ2v) is 6.23. The normalized spacial score (nSPS) is 11.8. The molecule has 0 saturated carbocycles. The number of hydrogen-bond donors (Lipinski definition) is 0. The van der Waals surface area contributed by atoms with Crippen LogP contribution in [0.1, 0.15) is 29.4 Å². The van der Waals surface area contributed by atoms with Gasteiger partial charge in [0.15, 0.2) is 0 Å². The number of rotatable bonds is 1. The minimum atomic E-state index is 0.993. The molecule has 0 saturated heterocycles. The van der Waals surface area contributed by atoms with Crippen LogP contribution in [0, 0.1) is 20.8 Å². The Labute approximate surface area is 130 Å². The van der Waals surface area contributed by atoms with E-state index < -0.39 is 0 Å². The van der Waals surface area contributed by atoms with Gasteiger partial charge in [0.25, 0.3) is 0 Å². The molecule has 2 aromatic carbocycles. The maximum Gasteiger partial charge on any atom is 0.145 e. The van der Waals surface area contributed by atoms with Gasteiger partial charge in [-0.05, 0) is 44.2 Å². The second-order valence-electron chi connectivity index (χ2n) is 6.23. The van der Waals surface area contributed by atoms with Gasteiger partial charge in [-0.1, -0.05) is 42.8 Å². The zero-order valence-electron chi connectivity index (χ0n) is 13.6. The highest BCUT2D eigenvalue weighted by Crippen LogP contribution is 2.32. The van der Waals surface area contributed by atoms with Crippen LogP contribution in [0.5, 0.6) is 0 Å². The van der Waals surface area contributed by atoms with Crippen molar-refractivity contribution in [1.82, 2.24) is 9.38 Å². The first-order valence-corrected chi connectivity index (χ1v) is 7.90. The Kier molecular flexibility index (Phi) is 2.77. The molecule has 4 rings (SSSR count). The van der Waals surface area contributed by atoms with Gasteiger partial charge in [-0.15, -0.1) is 0 Å². The van der Waals surface area contributed by atoms with Crippen molar-refractivity contribution >= 4 is 27.3 Å². The summed E-state index contributed by atoms with van der Waals surface area (Å²) in [7, 11) is 0. The number of hydrogen-bond acceptors (Lipinski definition) is 1. The fourth-order valence-electron chi connectivity index (χ4n) is 3.55. The van der Waals surface area contributed by atoms with Crippen LogP contribution in [0.3, 0.4) is 0 Å². The SMILES string of the molecule is CCc1c(C)nc2c3ccc(C)cc3c3ccc(C)cc3n12. The van der Waals surface area contributed by atoms with Gasteiger partial charge < -0.3 is 0 Å². The van der Waals surface area contributed by atoms with E-state index in [1.165, 1.54) is 38.5 Å². The van der Waals surface area contributed by atoms with Gasteiger partial charge in [-0.2, -0.15) is 0 Å². The third kappa shape index (κ3) is 1.70. The molecule has 0 N–H and O–H groups in total. The monoisotopic (exact) mass is 288 g/mol. The van der Waals surface area contributed by atoms with Crippen LogP contribution < -0.4 is 0 Å². The summed E-state index contributed by atoms with van der Waals surface area (Å²) >= 11 is 0. The van der Waals surface area contributed by atoms with Crippen molar-refractivity contribution in [2.75, 3.05) is 0 Å². The highest BCUT2D eigenvalue weighted by atomic mass is 15.0. The molecule has 0 aliphatic heterocycles. The standard InChI is InChI=1S/C20H20N2/c1-5-18-14(4)21-20-16-9-7-12(2)10-17(16)15-8-6-13(3)11-19(15)22(18)20/h6-11H,5H2,1-4H3. The summed E-state index contributed by atoms with van der Waals surface area (Å²) in [5, 5.41) is 3.85. The fourth-order valence-corrected chi connectivity index (χ4v) is 3.55. The first-order chi connectivity index (χ1) is 10.6. The van der Waals surface area contributed by atoms with Gasteiger partial charge in [0.1, 0.15) is 5.65 Å². The minimum Gasteiger partial charge on any atom is -0.296 e. The summed E-state index contributed by atoms with van der Waals surface area (Å²) in [4.78, 5) is 4.88. The van der Waals surface area contributed by atoms with Crippen LogP contribution in [0.2, 0.25) is 0 Å². The number of benzene rings is 2. The molecule has 0 bridgehead atoms. The summed E-state index contributed by atoms with van der Waals surface area (Å²) in [5.74, 6) is 0. The topological polar surface area (TPSA) is 17.3 Å². The predicted molar refractivity (Wildman–Crippen MR) is 93.8 cm³/mol. The van der Waals surface area contributed by atoms with Gasteiger partial charge >= 0.3 is 0 Å². The Hall–Kier alpha value is -2.35. The van der Waals surface area contributed by atoms with Crippen LogP contribution in [0.25, 0.3) is 27.3 Å². The average molecular weight is 288 g/mol. The molecule has 2 aromatic heterocycles. The van der Waals surface area contributed by atoms with E-state index in [0.29, 0.717) is 0 Å². The van der Waals surface area contributed by atoms with Gasteiger partial charge in [0.05, 0.1) is 11.2 Å². The Morgan fingerprint density at radius 3 is 2.27 bits per heavy atom. The van der Waals surface area contributed by atoms with Crippen molar-refractivity contribution in [2.24, 2.45) is 0 Å². The van der Waals surface area contributed by atoms with Crippen molar-refractivity contribution < 1.29 is 0 Å². The Morgan fingerprint density at radius 1 is 0.864 bits per heavy atom. The summed E-state index contributed by atoms with van der Waals surface area (Å²) in [6, 6.07) is 13.4. The summed E-state index contributed by atoms with van der Waals surface area (Å²) in [5.41, 5.74) is 7.38. The molecule has 0 fully saturated rings. The molecule has 0 atom stereocenters. The number of aryl methyl sites for hydroxylation is 4. The summed E-state index contributed by atoms with van der Waals surface area (Å²) < 4.78 is 2.36. The number of aromatic nitrogens is 2. The van der Waals surface area contributed by atoms with Gasteiger partial charge in [0, 0.05) is 16.5 Å². The molecule has 0 aliphatic rings. The number of pyridine rings is 1. The summed E-state index contributed by atoms with van der Waals surface area (Å²) in [6.45, 7) is 8.63. The lowest BCUT2D eigenvalue weighted by molar-refractivity contribution is 1.00. The van der Waals surface area contributed by atoms with E-state index in [-0.39, 0.29) is 0 Å². The molecule has 2 nitrogen and oxygen atoms in total. The largest absolute Gasteiger partial charge is 0.296 e. The van der Waals surface area contributed by atoms with Crippen molar-refractivity contribution in [3.63, 3.8) is 0 Å². The maximum absolute atomic E-state index is 4.88. The van der Waals surface area contributed by atoms with Crippen LogP contribution in [-0.2, 0) is 6.42 Å². The van der Waals surface area contributed by atoms with Crippen LogP contribution in [0.4, 0.5) is 0 Å². The van der Waals surface area contributed by atoms with E-state index >= 15 is 0 Å². The minimum absolute atomic E-state index is 0.993. The molecule has 0 radical (unpaired) electrons. The molecule has 4 aromatic rings. The van der Waals surface area contributed by atoms with E-state index in [1.807, 2.05) is 0 Å². The molecule has 0 amide bonds. The molecular weight excluding hydrogens is 268 g/mol. The van der Waals surface area contributed by atoms with Gasteiger partial charge in [-0.3, -0.25) is 4.40 Å². The predicted octanol–water partition coefficient (Wildman–Crippen LogP) is 5.13. The summed E-state index contributed by atoms with van der Waals surface area (Å²) in [6.07, 6.45) is 0.993. The highest BCUT2D eigenvalue weighted by Gasteiger charge is 2.15. The third-order valence-electron chi connectivity index (χ3n) is 4.61. The lowest BCUT2D eigenvalue weighted by Crippen LogP contribution is -1.97. The lowest BCUT2D eigenvalue weighted by atomic mass is 10.0. The Morgan fingerprint density at radius 2 is 1.55 bits per heavy atom. The molecule has 2 heterocycles. The lowest BCUT2D eigenvalue weighted by Gasteiger charge is -2.11. The van der Waals surface area contributed by atoms with E-state index in [1.54, 1.807) is 0 Å². The van der Waals surface area contributed by atoms with Crippen molar-refractivity contribution in [3.8, 4) is 0 Å². The average Bonchev–Trinajstić information content (AvgIpc) is 2.83. The zero-order chi connectivity index (χ0) is 15.4. The highest BCUT2D eigenvalue weighted by molar-refractivity contribution is 6.12. The van der Waals surface area contributed by atoms with E-state index in [2.05, 4.69) is 68.5 Å². The number of fused-ring (bicyclic) bond motifs is 6. The molecule has 0 unspecified atom stereocenters. The quantitative estimate of drug-likeness (QED) is 0.444. The first kappa shape index (κ1) is 13.3. The molecule has 0 spiro atoms. The Balaban J connectivity index is 2.39. The molecule has 2 heteroatoms. The first-order valence-electron chi connectivity index (χ1n) is 7.90. The Bertz CT molecular complexity index is 1040.